The Labute approximate surface area is 210 Å². The van der Waals surface area contributed by atoms with E-state index in [-0.39, 0.29) is 5.97 Å². The molecule has 0 saturated heterocycles. The highest BCUT2D eigenvalue weighted by Gasteiger charge is 2.63. The van der Waals surface area contributed by atoms with Crippen LogP contribution in [0.1, 0.15) is 85.0 Å². The molecule has 4 saturated carbocycles. The fourth-order valence-corrected chi connectivity index (χ4v) is 10.9. The Balaban J connectivity index is 1.52. The fraction of sp³-hybridized carbons (Fsp3) is 0.966. The van der Waals surface area contributed by atoms with E-state index in [1.807, 2.05) is 7.11 Å². The summed E-state index contributed by atoms with van der Waals surface area (Å²) in [7, 11) is 1.97. The van der Waals surface area contributed by atoms with Crippen LogP contribution in [-0.4, -0.2) is 40.7 Å². The molecule has 4 fully saturated rings. The molecule has 10 atom stereocenters. The van der Waals surface area contributed by atoms with Crippen molar-refractivity contribution >= 4 is 14.3 Å². The summed E-state index contributed by atoms with van der Waals surface area (Å²) in [5.41, 5.74) is 0.823. The van der Waals surface area contributed by atoms with Gasteiger partial charge in [0.25, 0.3) is 0 Å². The number of carbonyl (C=O) groups is 1. The third kappa shape index (κ3) is 4.79. The highest BCUT2D eigenvalue weighted by atomic mass is 28.4. The highest BCUT2D eigenvalue weighted by molar-refractivity contribution is 6.69. The number of esters is 1. The maximum absolute atomic E-state index is 11.8. The smallest absolute Gasteiger partial charge is 0.305 e. The van der Waals surface area contributed by atoms with E-state index in [0.29, 0.717) is 47.2 Å². The molecule has 0 spiro atoms. The molecule has 34 heavy (non-hydrogen) atoms. The van der Waals surface area contributed by atoms with E-state index < -0.39 is 8.32 Å². The minimum Gasteiger partial charge on any atom is -0.469 e. The first-order valence-electron chi connectivity index (χ1n) is 14.2. The fourth-order valence-electron chi connectivity index (χ4n) is 9.64. The summed E-state index contributed by atoms with van der Waals surface area (Å²) < 4.78 is 17.9. The minimum absolute atomic E-state index is 0.0605. The molecule has 0 aromatic carbocycles. The molecule has 0 N–H and O–H groups in total. The summed E-state index contributed by atoms with van der Waals surface area (Å²) in [5, 5.41) is 0. The van der Waals surface area contributed by atoms with Crippen LogP contribution in [0.25, 0.3) is 0 Å². The number of ether oxygens (including phenoxy) is 2. The van der Waals surface area contributed by atoms with E-state index in [9.17, 15) is 4.79 Å². The largest absolute Gasteiger partial charge is 0.469 e. The van der Waals surface area contributed by atoms with Crippen molar-refractivity contribution in [2.24, 2.45) is 46.3 Å². The molecule has 5 heteroatoms. The first-order chi connectivity index (χ1) is 15.9. The van der Waals surface area contributed by atoms with Crippen molar-refractivity contribution in [2.45, 2.75) is 117 Å². The van der Waals surface area contributed by atoms with Crippen molar-refractivity contribution in [3.63, 3.8) is 0 Å². The Kier molecular flexibility index (Phi) is 7.70. The monoisotopic (exact) mass is 492 g/mol. The van der Waals surface area contributed by atoms with Crippen LogP contribution >= 0.6 is 0 Å². The van der Waals surface area contributed by atoms with Crippen LogP contribution in [0.15, 0.2) is 0 Å². The molecular formula is C29H52O4Si. The summed E-state index contributed by atoms with van der Waals surface area (Å²) in [6.07, 6.45) is 12.7. The van der Waals surface area contributed by atoms with Gasteiger partial charge in [-0.05, 0) is 124 Å². The minimum atomic E-state index is -1.51. The number of hydrogen-bond donors (Lipinski definition) is 0. The van der Waals surface area contributed by atoms with Gasteiger partial charge in [0, 0.05) is 19.6 Å². The molecule has 1 unspecified atom stereocenters. The lowest BCUT2D eigenvalue weighted by Gasteiger charge is -2.63. The summed E-state index contributed by atoms with van der Waals surface area (Å²) in [4.78, 5) is 11.8. The molecule has 4 aliphatic carbocycles. The Bertz CT molecular complexity index is 734. The summed E-state index contributed by atoms with van der Waals surface area (Å²) >= 11 is 0. The number of fused-ring (bicyclic) bond motifs is 5. The van der Waals surface area contributed by atoms with Crippen molar-refractivity contribution in [3.8, 4) is 0 Å². The highest BCUT2D eigenvalue weighted by Crippen LogP contribution is 2.68. The van der Waals surface area contributed by atoms with Crippen LogP contribution in [0.5, 0.6) is 0 Å². The first-order valence-corrected chi connectivity index (χ1v) is 17.6. The van der Waals surface area contributed by atoms with Crippen molar-refractivity contribution in [1.29, 1.82) is 0 Å². The van der Waals surface area contributed by atoms with Crippen molar-refractivity contribution in [2.75, 3.05) is 14.2 Å². The van der Waals surface area contributed by atoms with E-state index in [2.05, 4.69) is 40.4 Å². The van der Waals surface area contributed by atoms with Crippen LogP contribution in [0.4, 0.5) is 0 Å². The maximum atomic E-state index is 11.8. The van der Waals surface area contributed by atoms with Crippen molar-refractivity contribution < 1.29 is 18.7 Å². The maximum Gasteiger partial charge on any atom is 0.305 e. The summed E-state index contributed by atoms with van der Waals surface area (Å²) in [5.74, 6) is 4.20. The first kappa shape index (κ1) is 26.7. The van der Waals surface area contributed by atoms with Crippen LogP contribution in [0.2, 0.25) is 19.6 Å². The van der Waals surface area contributed by atoms with Gasteiger partial charge in [-0.1, -0.05) is 20.8 Å². The number of methoxy groups -OCH3 is 2. The van der Waals surface area contributed by atoms with Gasteiger partial charge >= 0.3 is 5.97 Å². The van der Waals surface area contributed by atoms with Gasteiger partial charge in [0.05, 0.1) is 13.2 Å². The summed E-state index contributed by atoms with van der Waals surface area (Å²) in [6, 6.07) is 0. The van der Waals surface area contributed by atoms with Gasteiger partial charge < -0.3 is 13.9 Å². The Hall–Kier alpha value is -0.393. The standard InChI is InChI=1S/C29H52O4Si/c1-19(9-12-26(30)32-5)22-10-11-23-27-24(14-16-29(22,23)3)28(2)15-13-21(33-34(6,7)8)17-20(28)18-25(27)31-4/h19-25,27H,9-18H2,1-8H3/t19-,20?,21+,22-,23+,24+,25-,27+,28+,29-/m1/s1. The van der Waals surface area contributed by atoms with Crippen molar-refractivity contribution in [3.05, 3.63) is 0 Å². The Morgan fingerprint density at radius 3 is 2.29 bits per heavy atom. The molecule has 0 amide bonds. The Morgan fingerprint density at radius 1 is 0.971 bits per heavy atom. The van der Waals surface area contributed by atoms with Crippen molar-refractivity contribution in [1.82, 2.24) is 0 Å². The van der Waals surface area contributed by atoms with Gasteiger partial charge in [-0.15, -0.1) is 0 Å². The van der Waals surface area contributed by atoms with Gasteiger partial charge in [-0.25, -0.2) is 0 Å². The number of hydrogen-bond acceptors (Lipinski definition) is 4. The summed E-state index contributed by atoms with van der Waals surface area (Å²) in [6.45, 7) is 14.6. The lowest BCUT2D eigenvalue weighted by molar-refractivity contribution is -0.180. The third-order valence-corrected chi connectivity index (χ3v) is 12.3. The second-order valence-corrected chi connectivity index (χ2v) is 18.4. The van der Waals surface area contributed by atoms with Crippen LogP contribution in [0.3, 0.4) is 0 Å². The van der Waals surface area contributed by atoms with E-state index in [1.54, 1.807) is 0 Å². The lowest BCUT2D eigenvalue weighted by atomic mass is 9.43. The second kappa shape index (κ2) is 9.82. The molecule has 0 aliphatic heterocycles. The predicted molar refractivity (Wildman–Crippen MR) is 140 cm³/mol. The van der Waals surface area contributed by atoms with Gasteiger partial charge in [0.1, 0.15) is 0 Å². The van der Waals surface area contributed by atoms with Gasteiger partial charge in [-0.2, -0.15) is 0 Å². The zero-order valence-corrected chi connectivity index (χ0v) is 24.3. The topological polar surface area (TPSA) is 44.8 Å². The normalized spacial score (nSPS) is 45.1. The molecule has 0 aromatic heterocycles. The van der Waals surface area contributed by atoms with E-state index in [0.717, 1.165) is 24.2 Å². The molecule has 0 aromatic rings. The number of carbonyl (C=O) groups excluding carboxylic acids is 1. The van der Waals surface area contributed by atoms with Crippen LogP contribution in [0, 0.1) is 46.3 Å². The molecular weight excluding hydrogens is 440 g/mol. The molecule has 0 bridgehead atoms. The molecule has 4 aliphatic rings. The molecule has 4 rings (SSSR count). The quantitative estimate of drug-likeness (QED) is 0.281. The lowest BCUT2D eigenvalue weighted by Crippen LogP contribution is -2.59. The van der Waals surface area contributed by atoms with Crippen LogP contribution < -0.4 is 0 Å². The SMILES string of the molecule is COC(=O)CC[C@@H](C)[C@H]1CC[C@H]2[C@@H]3[C@H](OC)CC4C[C@@H](O[Si](C)(C)C)CC[C@]4(C)[C@H]3CC[C@]12C. The van der Waals surface area contributed by atoms with Crippen LogP contribution in [-0.2, 0) is 18.7 Å². The van der Waals surface area contributed by atoms with E-state index in [4.69, 9.17) is 13.9 Å². The zero-order valence-electron chi connectivity index (χ0n) is 23.3. The van der Waals surface area contributed by atoms with E-state index >= 15 is 0 Å². The van der Waals surface area contributed by atoms with Gasteiger partial charge in [-0.3, -0.25) is 4.79 Å². The molecule has 196 valence electrons. The van der Waals surface area contributed by atoms with Gasteiger partial charge in [0.2, 0.25) is 0 Å². The average Bonchev–Trinajstić information content (AvgIpc) is 3.13. The number of rotatable bonds is 7. The Morgan fingerprint density at radius 2 is 1.65 bits per heavy atom. The van der Waals surface area contributed by atoms with Gasteiger partial charge in [0.15, 0.2) is 8.32 Å². The second-order valence-electron chi connectivity index (χ2n) is 13.9. The average molecular weight is 493 g/mol. The predicted octanol–water partition coefficient (Wildman–Crippen LogP) is 7.08. The van der Waals surface area contributed by atoms with E-state index in [1.165, 1.54) is 58.5 Å². The zero-order chi connectivity index (χ0) is 24.9. The molecule has 0 heterocycles. The molecule has 4 nitrogen and oxygen atoms in total. The third-order valence-electron chi connectivity index (χ3n) is 11.2. The molecule has 0 radical (unpaired) electrons.